The summed E-state index contributed by atoms with van der Waals surface area (Å²) in [5.41, 5.74) is 7.14. The number of rotatable bonds is 4. The lowest BCUT2D eigenvalue weighted by Gasteiger charge is -2.33. The summed E-state index contributed by atoms with van der Waals surface area (Å²) in [4.78, 5) is 21.7. The maximum absolute atomic E-state index is 12.7. The third-order valence-electron chi connectivity index (χ3n) is 5.35. The van der Waals surface area contributed by atoms with Gasteiger partial charge in [0.05, 0.1) is 10.7 Å². The number of halogens is 2. The quantitative estimate of drug-likeness (QED) is 0.831. The van der Waals surface area contributed by atoms with E-state index in [1.54, 1.807) is 11.3 Å². The van der Waals surface area contributed by atoms with Gasteiger partial charge in [0, 0.05) is 30.9 Å². The number of aromatic nitrogens is 1. The van der Waals surface area contributed by atoms with Gasteiger partial charge in [-0.05, 0) is 51.2 Å². The van der Waals surface area contributed by atoms with Gasteiger partial charge in [0.25, 0.3) is 0 Å². The fraction of sp³-hybridized carbons (Fsp3) is 0.765. The van der Waals surface area contributed by atoms with Crippen molar-refractivity contribution >= 4 is 42.1 Å². The number of amides is 1. The molecule has 3 heterocycles. The number of hydrogen-bond acceptors (Lipinski definition) is 5. The maximum atomic E-state index is 12.7. The highest BCUT2D eigenvalue weighted by Gasteiger charge is 2.37. The molecular weight excluding hydrogens is 379 g/mol. The molecule has 2 aliphatic heterocycles. The zero-order valence-electron chi connectivity index (χ0n) is 15.1. The Labute approximate surface area is 167 Å². The van der Waals surface area contributed by atoms with Crippen LogP contribution in [0.4, 0.5) is 0 Å². The van der Waals surface area contributed by atoms with Crippen molar-refractivity contribution in [3.63, 3.8) is 0 Å². The molecule has 0 spiro atoms. The number of carbonyl (C=O) groups is 1. The van der Waals surface area contributed by atoms with Crippen LogP contribution in [0.3, 0.4) is 0 Å². The average Bonchev–Trinajstić information content (AvgIpc) is 3.14. The summed E-state index contributed by atoms with van der Waals surface area (Å²) in [6.07, 6.45) is 2.98. The lowest BCUT2D eigenvalue weighted by atomic mass is 9.90. The first-order valence-corrected chi connectivity index (χ1v) is 9.49. The van der Waals surface area contributed by atoms with Gasteiger partial charge in [-0.25, -0.2) is 4.98 Å². The summed E-state index contributed by atoms with van der Waals surface area (Å²) in [6.45, 7) is 9.53. The molecule has 2 saturated heterocycles. The summed E-state index contributed by atoms with van der Waals surface area (Å²) in [6, 6.07) is 0. The largest absolute Gasteiger partial charge is 0.342 e. The molecule has 1 aromatic heterocycles. The number of likely N-dealkylation sites (tertiary alicyclic amines) is 2. The normalized spacial score (nSPS) is 24.7. The number of hydrogen-bond donors (Lipinski definition) is 1. The van der Waals surface area contributed by atoms with Gasteiger partial charge in [0.1, 0.15) is 0 Å². The SMILES string of the molecule is Cc1nc(CN2CCC(C(=O)N3CCC(C)(CN)C3)CC2)cs1.Cl.Cl. The van der Waals surface area contributed by atoms with Gasteiger partial charge in [-0.15, -0.1) is 36.2 Å². The molecule has 0 bridgehead atoms. The van der Waals surface area contributed by atoms with E-state index in [1.165, 1.54) is 0 Å². The Hall–Kier alpha value is -0.400. The minimum absolute atomic E-state index is 0. The van der Waals surface area contributed by atoms with Crippen LogP contribution >= 0.6 is 36.2 Å². The molecule has 3 rings (SSSR count). The Bertz CT molecular complexity index is 563. The Kier molecular flexibility index (Phi) is 8.61. The van der Waals surface area contributed by atoms with Crippen LogP contribution in [0.1, 0.15) is 36.9 Å². The van der Waals surface area contributed by atoms with Crippen molar-refractivity contribution in [2.24, 2.45) is 17.1 Å². The van der Waals surface area contributed by atoms with E-state index in [-0.39, 0.29) is 36.1 Å². The van der Waals surface area contributed by atoms with Crippen molar-refractivity contribution in [1.82, 2.24) is 14.8 Å². The van der Waals surface area contributed by atoms with Crippen molar-refractivity contribution in [2.75, 3.05) is 32.7 Å². The summed E-state index contributed by atoms with van der Waals surface area (Å²) in [5.74, 6) is 0.551. The lowest BCUT2D eigenvalue weighted by molar-refractivity contribution is -0.136. The van der Waals surface area contributed by atoms with Crippen LogP contribution in [-0.2, 0) is 11.3 Å². The number of thiazole rings is 1. The van der Waals surface area contributed by atoms with Crippen molar-refractivity contribution in [3.8, 4) is 0 Å². The highest BCUT2D eigenvalue weighted by Crippen LogP contribution is 2.31. The Morgan fingerprint density at radius 1 is 1.36 bits per heavy atom. The predicted molar refractivity (Wildman–Crippen MR) is 108 cm³/mol. The van der Waals surface area contributed by atoms with E-state index in [2.05, 4.69) is 27.1 Å². The molecule has 0 saturated carbocycles. The molecule has 5 nitrogen and oxygen atoms in total. The second kappa shape index (κ2) is 9.51. The van der Waals surface area contributed by atoms with E-state index < -0.39 is 0 Å². The van der Waals surface area contributed by atoms with Crippen LogP contribution in [0.5, 0.6) is 0 Å². The Morgan fingerprint density at radius 2 is 2.04 bits per heavy atom. The van der Waals surface area contributed by atoms with Gasteiger partial charge in [-0.2, -0.15) is 0 Å². The van der Waals surface area contributed by atoms with Crippen molar-refractivity contribution in [3.05, 3.63) is 16.1 Å². The van der Waals surface area contributed by atoms with Crippen molar-refractivity contribution in [1.29, 1.82) is 0 Å². The second-order valence-electron chi connectivity index (χ2n) is 7.43. The summed E-state index contributed by atoms with van der Waals surface area (Å²) in [7, 11) is 0. The smallest absolute Gasteiger partial charge is 0.225 e. The molecule has 1 unspecified atom stereocenters. The first kappa shape index (κ1) is 22.6. The molecule has 2 aliphatic rings. The average molecular weight is 409 g/mol. The van der Waals surface area contributed by atoms with Crippen LogP contribution in [0, 0.1) is 18.3 Å². The molecule has 8 heteroatoms. The first-order valence-electron chi connectivity index (χ1n) is 8.61. The third kappa shape index (κ3) is 5.54. The van der Waals surface area contributed by atoms with Gasteiger partial charge in [-0.3, -0.25) is 9.69 Å². The van der Waals surface area contributed by atoms with E-state index in [0.717, 1.165) is 62.7 Å². The molecule has 1 atom stereocenters. The number of nitrogens with two attached hydrogens (primary N) is 1. The predicted octanol–water partition coefficient (Wildman–Crippen LogP) is 2.70. The summed E-state index contributed by atoms with van der Waals surface area (Å²) >= 11 is 1.71. The van der Waals surface area contributed by atoms with Gasteiger partial charge in [0.15, 0.2) is 0 Å². The first-order chi connectivity index (χ1) is 11.0. The van der Waals surface area contributed by atoms with Gasteiger partial charge >= 0.3 is 0 Å². The zero-order chi connectivity index (χ0) is 16.4. The fourth-order valence-corrected chi connectivity index (χ4v) is 4.29. The fourth-order valence-electron chi connectivity index (χ4n) is 3.68. The third-order valence-corrected chi connectivity index (χ3v) is 6.17. The van der Waals surface area contributed by atoms with Gasteiger partial charge in [0.2, 0.25) is 5.91 Å². The maximum Gasteiger partial charge on any atom is 0.225 e. The molecule has 144 valence electrons. The lowest BCUT2D eigenvalue weighted by Crippen LogP contribution is -2.42. The van der Waals surface area contributed by atoms with Crippen LogP contribution in [0.2, 0.25) is 0 Å². The van der Waals surface area contributed by atoms with Crippen molar-refractivity contribution < 1.29 is 4.79 Å². The summed E-state index contributed by atoms with van der Waals surface area (Å²) < 4.78 is 0. The van der Waals surface area contributed by atoms with Crippen molar-refractivity contribution in [2.45, 2.75) is 39.7 Å². The monoisotopic (exact) mass is 408 g/mol. The molecule has 2 N–H and O–H groups in total. The number of piperidine rings is 1. The van der Waals surface area contributed by atoms with E-state index in [4.69, 9.17) is 5.73 Å². The molecular formula is C17H30Cl2N4OS. The van der Waals surface area contributed by atoms with Crippen LogP contribution < -0.4 is 5.73 Å². The van der Waals surface area contributed by atoms with E-state index in [1.807, 2.05) is 6.92 Å². The standard InChI is InChI=1S/C17H28N4OS.2ClH/c1-13-19-15(10-23-13)9-20-6-3-14(4-7-20)16(22)21-8-5-17(2,11-18)12-21;;/h10,14H,3-9,11-12,18H2,1-2H3;2*1H. The van der Waals surface area contributed by atoms with Crippen LogP contribution in [0.15, 0.2) is 5.38 Å². The number of carbonyl (C=O) groups excluding carboxylic acids is 1. The molecule has 2 fully saturated rings. The highest BCUT2D eigenvalue weighted by molar-refractivity contribution is 7.09. The van der Waals surface area contributed by atoms with Gasteiger partial charge in [-0.1, -0.05) is 6.92 Å². The Balaban J connectivity index is 0.00000156. The molecule has 1 aromatic rings. The topological polar surface area (TPSA) is 62.5 Å². The minimum Gasteiger partial charge on any atom is -0.342 e. The Morgan fingerprint density at radius 3 is 2.56 bits per heavy atom. The minimum atomic E-state index is 0. The molecule has 0 aromatic carbocycles. The zero-order valence-corrected chi connectivity index (χ0v) is 17.5. The highest BCUT2D eigenvalue weighted by atomic mass is 35.5. The van der Waals surface area contributed by atoms with Gasteiger partial charge < -0.3 is 10.6 Å². The van der Waals surface area contributed by atoms with E-state index in [0.29, 0.717) is 12.5 Å². The summed E-state index contributed by atoms with van der Waals surface area (Å²) in [5, 5.41) is 3.27. The molecule has 25 heavy (non-hydrogen) atoms. The van der Waals surface area contributed by atoms with E-state index >= 15 is 0 Å². The van der Waals surface area contributed by atoms with E-state index in [9.17, 15) is 4.79 Å². The van der Waals surface area contributed by atoms with Crippen LogP contribution in [0.25, 0.3) is 0 Å². The molecule has 0 radical (unpaired) electrons. The number of nitrogens with zero attached hydrogens (tertiary/aromatic N) is 3. The second-order valence-corrected chi connectivity index (χ2v) is 8.50. The number of aryl methyl sites for hydroxylation is 1. The molecule has 0 aliphatic carbocycles. The molecule has 1 amide bonds. The van der Waals surface area contributed by atoms with Crippen LogP contribution in [-0.4, -0.2) is 53.4 Å².